The summed E-state index contributed by atoms with van der Waals surface area (Å²) in [4.78, 5) is 11.0. The molecule has 0 amide bonds. The van der Waals surface area contributed by atoms with Crippen molar-refractivity contribution < 1.29 is 15.0 Å². The number of hydrogen-bond donors (Lipinski definition) is 3. The Labute approximate surface area is 94.9 Å². The maximum absolute atomic E-state index is 11.0. The molecular weight excluding hydrogens is 206 g/mol. The lowest BCUT2D eigenvalue weighted by molar-refractivity contribution is -0.139. The zero-order valence-corrected chi connectivity index (χ0v) is 9.26. The minimum Gasteiger partial charge on any atom is -0.480 e. The van der Waals surface area contributed by atoms with Gasteiger partial charge in [-0.25, -0.2) is 0 Å². The molecule has 1 rings (SSSR count). The Morgan fingerprint density at radius 1 is 1.38 bits per heavy atom. The predicted molar refractivity (Wildman–Crippen MR) is 61.3 cm³/mol. The molecule has 16 heavy (non-hydrogen) atoms. The molecule has 2 atom stereocenters. The fraction of sp³-hybridized carbons (Fsp3) is 0.417. The number of hydrogen-bond acceptors (Lipinski definition) is 3. The van der Waals surface area contributed by atoms with Gasteiger partial charge in [-0.2, -0.15) is 0 Å². The molecule has 1 aromatic rings. The van der Waals surface area contributed by atoms with Crippen molar-refractivity contribution in [3.63, 3.8) is 0 Å². The summed E-state index contributed by atoms with van der Waals surface area (Å²) in [7, 11) is 0. The maximum atomic E-state index is 11.0. The van der Waals surface area contributed by atoms with Crippen LogP contribution in [0.2, 0.25) is 0 Å². The second-order valence-corrected chi connectivity index (χ2v) is 3.84. The normalized spacial score (nSPS) is 14.4. The van der Waals surface area contributed by atoms with Crippen LogP contribution in [-0.2, 0) is 11.2 Å². The van der Waals surface area contributed by atoms with Gasteiger partial charge in [0.25, 0.3) is 0 Å². The molecule has 3 N–H and O–H groups in total. The lowest BCUT2D eigenvalue weighted by Gasteiger charge is -2.15. The predicted octanol–water partition coefficient (Wildman–Crippen LogP) is 0.653. The largest absolute Gasteiger partial charge is 0.480 e. The van der Waals surface area contributed by atoms with Gasteiger partial charge >= 0.3 is 5.97 Å². The number of nitrogens with one attached hydrogen (secondary N) is 1. The number of carboxylic acids is 1. The van der Waals surface area contributed by atoms with Gasteiger partial charge in [0.05, 0.1) is 6.10 Å². The van der Waals surface area contributed by atoms with Crippen LogP contribution in [0, 0.1) is 0 Å². The summed E-state index contributed by atoms with van der Waals surface area (Å²) in [5.41, 5.74) is 0.966. The number of rotatable bonds is 6. The standard InChI is InChI=1S/C12H17NO3/c1-9(14)8-13-11(12(15)16)7-10-5-3-2-4-6-10/h2-6,9,11,13-14H,7-8H2,1H3,(H,15,16). The molecule has 0 saturated carbocycles. The summed E-state index contributed by atoms with van der Waals surface area (Å²) < 4.78 is 0. The van der Waals surface area contributed by atoms with Crippen molar-refractivity contribution >= 4 is 5.97 Å². The van der Waals surface area contributed by atoms with Gasteiger partial charge in [0, 0.05) is 6.54 Å². The first-order valence-electron chi connectivity index (χ1n) is 5.27. The van der Waals surface area contributed by atoms with Crippen molar-refractivity contribution in [2.45, 2.75) is 25.5 Å². The SMILES string of the molecule is CC(O)CNC(Cc1ccccc1)C(=O)O. The van der Waals surface area contributed by atoms with E-state index in [1.807, 2.05) is 30.3 Å². The van der Waals surface area contributed by atoms with E-state index in [1.54, 1.807) is 6.92 Å². The summed E-state index contributed by atoms with van der Waals surface area (Å²) in [6, 6.07) is 8.77. The van der Waals surface area contributed by atoms with Crippen LogP contribution in [0.1, 0.15) is 12.5 Å². The maximum Gasteiger partial charge on any atom is 0.321 e. The Balaban J connectivity index is 2.55. The molecule has 4 nitrogen and oxygen atoms in total. The van der Waals surface area contributed by atoms with E-state index in [2.05, 4.69) is 5.32 Å². The fourth-order valence-corrected chi connectivity index (χ4v) is 1.41. The van der Waals surface area contributed by atoms with E-state index in [0.29, 0.717) is 6.42 Å². The van der Waals surface area contributed by atoms with Crippen molar-refractivity contribution in [1.82, 2.24) is 5.32 Å². The lowest BCUT2D eigenvalue weighted by atomic mass is 10.1. The Morgan fingerprint density at radius 3 is 2.50 bits per heavy atom. The molecule has 0 aliphatic rings. The summed E-state index contributed by atoms with van der Waals surface area (Å²) in [5, 5.41) is 20.9. The van der Waals surface area contributed by atoms with Gasteiger partial charge in [-0.15, -0.1) is 0 Å². The van der Waals surface area contributed by atoms with Gasteiger partial charge in [0.1, 0.15) is 6.04 Å². The average Bonchev–Trinajstić information content (AvgIpc) is 2.25. The van der Waals surface area contributed by atoms with E-state index in [1.165, 1.54) is 0 Å². The molecule has 2 unspecified atom stereocenters. The van der Waals surface area contributed by atoms with Crippen LogP contribution in [0.3, 0.4) is 0 Å². The first-order chi connectivity index (χ1) is 7.59. The van der Waals surface area contributed by atoms with Crippen LogP contribution in [0.25, 0.3) is 0 Å². The van der Waals surface area contributed by atoms with Crippen molar-refractivity contribution in [2.24, 2.45) is 0 Å². The number of carboxylic acid groups (broad SMARTS) is 1. The Kier molecular flexibility index (Phi) is 4.95. The van der Waals surface area contributed by atoms with Crippen molar-refractivity contribution in [2.75, 3.05) is 6.54 Å². The van der Waals surface area contributed by atoms with Gasteiger partial charge in [-0.3, -0.25) is 4.79 Å². The fourth-order valence-electron chi connectivity index (χ4n) is 1.41. The quantitative estimate of drug-likeness (QED) is 0.662. The first-order valence-corrected chi connectivity index (χ1v) is 5.27. The van der Waals surface area contributed by atoms with Crippen LogP contribution < -0.4 is 5.32 Å². The van der Waals surface area contributed by atoms with Gasteiger partial charge in [0.15, 0.2) is 0 Å². The van der Waals surface area contributed by atoms with E-state index >= 15 is 0 Å². The number of aliphatic hydroxyl groups is 1. The number of aliphatic carboxylic acids is 1. The highest BCUT2D eigenvalue weighted by Gasteiger charge is 2.17. The zero-order valence-electron chi connectivity index (χ0n) is 9.26. The summed E-state index contributed by atoms with van der Waals surface area (Å²) in [5.74, 6) is -0.899. The van der Waals surface area contributed by atoms with Gasteiger partial charge < -0.3 is 15.5 Å². The summed E-state index contributed by atoms with van der Waals surface area (Å²) >= 11 is 0. The van der Waals surface area contributed by atoms with Gasteiger partial charge in [-0.1, -0.05) is 30.3 Å². The van der Waals surface area contributed by atoms with E-state index in [-0.39, 0.29) is 6.54 Å². The van der Waals surface area contributed by atoms with Gasteiger partial charge in [0.2, 0.25) is 0 Å². The molecule has 4 heteroatoms. The number of aliphatic hydroxyl groups excluding tert-OH is 1. The Bertz CT molecular complexity index is 324. The van der Waals surface area contributed by atoms with E-state index in [9.17, 15) is 4.79 Å². The Hall–Kier alpha value is -1.39. The third kappa shape index (κ3) is 4.42. The molecule has 0 bridgehead atoms. The third-order valence-corrected chi connectivity index (χ3v) is 2.24. The third-order valence-electron chi connectivity index (χ3n) is 2.24. The highest BCUT2D eigenvalue weighted by molar-refractivity contribution is 5.73. The lowest BCUT2D eigenvalue weighted by Crippen LogP contribution is -2.41. The van der Waals surface area contributed by atoms with E-state index in [0.717, 1.165) is 5.56 Å². The average molecular weight is 223 g/mol. The minimum absolute atomic E-state index is 0.282. The van der Waals surface area contributed by atoms with Gasteiger partial charge in [-0.05, 0) is 18.9 Å². The monoisotopic (exact) mass is 223 g/mol. The van der Waals surface area contributed by atoms with Crippen molar-refractivity contribution in [3.05, 3.63) is 35.9 Å². The molecule has 88 valence electrons. The molecule has 0 saturated heterocycles. The first kappa shape index (κ1) is 12.7. The minimum atomic E-state index is -0.899. The van der Waals surface area contributed by atoms with E-state index in [4.69, 9.17) is 10.2 Å². The second-order valence-electron chi connectivity index (χ2n) is 3.84. The molecule has 0 aliphatic heterocycles. The smallest absolute Gasteiger partial charge is 0.321 e. The molecule has 1 aromatic carbocycles. The molecular formula is C12H17NO3. The highest BCUT2D eigenvalue weighted by Crippen LogP contribution is 2.03. The highest BCUT2D eigenvalue weighted by atomic mass is 16.4. The summed E-state index contributed by atoms with van der Waals surface area (Å²) in [6.45, 7) is 1.90. The molecule has 0 aromatic heterocycles. The van der Waals surface area contributed by atoms with Crippen LogP contribution >= 0.6 is 0 Å². The number of benzene rings is 1. The van der Waals surface area contributed by atoms with Crippen molar-refractivity contribution in [1.29, 1.82) is 0 Å². The van der Waals surface area contributed by atoms with E-state index < -0.39 is 18.1 Å². The molecule has 0 radical (unpaired) electrons. The molecule has 0 heterocycles. The molecule has 0 aliphatic carbocycles. The molecule has 0 spiro atoms. The number of carbonyl (C=O) groups is 1. The second kappa shape index (κ2) is 6.25. The zero-order chi connectivity index (χ0) is 12.0. The summed E-state index contributed by atoms with van der Waals surface area (Å²) in [6.07, 6.45) is -0.124. The van der Waals surface area contributed by atoms with Crippen LogP contribution in [0.15, 0.2) is 30.3 Å². The van der Waals surface area contributed by atoms with Crippen LogP contribution in [0.5, 0.6) is 0 Å². The topological polar surface area (TPSA) is 69.6 Å². The molecule has 0 fully saturated rings. The Morgan fingerprint density at radius 2 is 2.00 bits per heavy atom. The van der Waals surface area contributed by atoms with Crippen LogP contribution in [-0.4, -0.2) is 34.9 Å². The van der Waals surface area contributed by atoms with Crippen molar-refractivity contribution in [3.8, 4) is 0 Å². The van der Waals surface area contributed by atoms with Crippen LogP contribution in [0.4, 0.5) is 0 Å².